The lowest BCUT2D eigenvalue weighted by Crippen LogP contribution is -1.95. The second-order valence-electron chi connectivity index (χ2n) is 11.7. The quantitative estimate of drug-likeness (QED) is 0.187. The number of nitrogens with zero attached hydrogens (tertiary/aromatic N) is 2. The van der Waals surface area contributed by atoms with Gasteiger partial charge in [-0.1, -0.05) is 109 Å². The number of rotatable bonds is 2. The Morgan fingerprint density at radius 1 is 0.273 bits per heavy atom. The van der Waals surface area contributed by atoms with Crippen LogP contribution < -0.4 is 0 Å². The fraction of sp³-hybridized carbons (Fsp3) is 0. The van der Waals surface area contributed by atoms with Crippen molar-refractivity contribution in [2.24, 2.45) is 0 Å². The summed E-state index contributed by atoms with van der Waals surface area (Å²) in [4.78, 5) is 0. The van der Waals surface area contributed by atoms with E-state index in [-0.39, 0.29) is 0 Å². The molecule has 0 saturated heterocycles. The number of fused-ring (bicyclic) bond motifs is 12. The van der Waals surface area contributed by atoms with E-state index in [2.05, 4.69) is 167 Å². The molecular formula is C42H26N2. The summed E-state index contributed by atoms with van der Waals surface area (Å²) < 4.78 is 4.86. The molecule has 0 bridgehead atoms. The van der Waals surface area contributed by atoms with E-state index in [0.29, 0.717) is 0 Å². The number of benzene rings is 8. The Labute approximate surface area is 253 Å². The van der Waals surface area contributed by atoms with Crippen LogP contribution in [0, 0.1) is 0 Å². The van der Waals surface area contributed by atoms with Gasteiger partial charge in [-0.2, -0.15) is 0 Å². The van der Waals surface area contributed by atoms with E-state index < -0.39 is 0 Å². The van der Waals surface area contributed by atoms with Crippen molar-refractivity contribution in [3.05, 3.63) is 158 Å². The normalized spacial score (nSPS) is 12.1. The highest BCUT2D eigenvalue weighted by Gasteiger charge is 2.20. The SMILES string of the molecule is c1ccc(-n2c3ccccc3c3c4c5ccccc5n(-c5ccc6ccc7c8ccccc8ccc7c6c5)c4ccc32)cc1. The van der Waals surface area contributed by atoms with E-state index in [0.717, 1.165) is 0 Å². The minimum Gasteiger partial charge on any atom is -0.309 e. The minimum atomic E-state index is 1.18. The van der Waals surface area contributed by atoms with Crippen molar-refractivity contribution in [1.29, 1.82) is 0 Å². The van der Waals surface area contributed by atoms with Crippen molar-refractivity contribution in [2.75, 3.05) is 0 Å². The molecule has 0 unspecified atom stereocenters. The number of aromatic nitrogens is 2. The lowest BCUT2D eigenvalue weighted by atomic mass is 9.97. The van der Waals surface area contributed by atoms with Crippen LogP contribution >= 0.6 is 0 Å². The molecule has 0 amide bonds. The topological polar surface area (TPSA) is 9.86 Å². The third-order valence-electron chi connectivity index (χ3n) is 9.47. The largest absolute Gasteiger partial charge is 0.309 e. The Hall–Kier alpha value is -5.86. The first-order chi connectivity index (χ1) is 21.8. The Balaban J connectivity index is 1.33. The number of para-hydroxylation sites is 3. The molecule has 0 atom stereocenters. The summed E-state index contributed by atoms with van der Waals surface area (Å²) in [5.74, 6) is 0. The molecule has 0 aliphatic rings. The van der Waals surface area contributed by atoms with Crippen molar-refractivity contribution >= 4 is 75.9 Å². The van der Waals surface area contributed by atoms with Crippen molar-refractivity contribution < 1.29 is 0 Å². The average Bonchev–Trinajstić information content (AvgIpc) is 3.61. The molecule has 44 heavy (non-hydrogen) atoms. The van der Waals surface area contributed by atoms with Gasteiger partial charge in [0.05, 0.1) is 22.1 Å². The summed E-state index contributed by atoms with van der Waals surface area (Å²) in [6.07, 6.45) is 0. The Morgan fingerprint density at radius 3 is 1.45 bits per heavy atom. The molecule has 0 aliphatic heterocycles. The van der Waals surface area contributed by atoms with Gasteiger partial charge in [0.25, 0.3) is 0 Å². The second kappa shape index (κ2) is 8.82. The zero-order valence-electron chi connectivity index (χ0n) is 23.9. The Kier molecular flexibility index (Phi) is 4.75. The minimum absolute atomic E-state index is 1.18. The van der Waals surface area contributed by atoms with Crippen LogP contribution in [-0.2, 0) is 0 Å². The molecule has 0 saturated carbocycles. The van der Waals surface area contributed by atoms with Crippen LogP contribution in [0.2, 0.25) is 0 Å². The first-order valence-electron chi connectivity index (χ1n) is 15.2. The van der Waals surface area contributed by atoms with Crippen molar-refractivity contribution in [3.8, 4) is 11.4 Å². The molecule has 10 rings (SSSR count). The van der Waals surface area contributed by atoms with E-state index in [1.165, 1.54) is 87.3 Å². The zero-order valence-corrected chi connectivity index (χ0v) is 23.9. The summed E-state index contributed by atoms with van der Waals surface area (Å²) in [5, 5.41) is 12.8. The number of hydrogen-bond acceptors (Lipinski definition) is 0. The molecule has 2 heteroatoms. The molecular weight excluding hydrogens is 532 g/mol. The molecule has 0 N–H and O–H groups in total. The smallest absolute Gasteiger partial charge is 0.0548 e. The first kappa shape index (κ1) is 23.7. The van der Waals surface area contributed by atoms with Gasteiger partial charge in [0.15, 0.2) is 0 Å². The molecule has 0 aliphatic carbocycles. The predicted molar refractivity (Wildman–Crippen MR) is 188 cm³/mol. The monoisotopic (exact) mass is 558 g/mol. The van der Waals surface area contributed by atoms with Gasteiger partial charge in [-0.15, -0.1) is 0 Å². The summed E-state index contributed by atoms with van der Waals surface area (Å²) in [6, 6.07) is 57.7. The summed E-state index contributed by atoms with van der Waals surface area (Å²) in [7, 11) is 0. The van der Waals surface area contributed by atoms with Gasteiger partial charge < -0.3 is 9.13 Å². The fourth-order valence-electron chi connectivity index (χ4n) is 7.60. The maximum atomic E-state index is 2.46. The molecule has 2 aromatic heterocycles. The molecule has 0 fully saturated rings. The lowest BCUT2D eigenvalue weighted by molar-refractivity contribution is 1.17. The van der Waals surface area contributed by atoms with Crippen LogP contribution in [0.5, 0.6) is 0 Å². The fourth-order valence-corrected chi connectivity index (χ4v) is 7.60. The van der Waals surface area contributed by atoms with Crippen LogP contribution in [0.4, 0.5) is 0 Å². The predicted octanol–water partition coefficient (Wildman–Crippen LogP) is 11.3. The molecule has 8 aromatic carbocycles. The van der Waals surface area contributed by atoms with E-state index in [1.54, 1.807) is 0 Å². The van der Waals surface area contributed by atoms with E-state index >= 15 is 0 Å². The summed E-state index contributed by atoms with van der Waals surface area (Å²) in [5.41, 5.74) is 7.24. The lowest BCUT2D eigenvalue weighted by Gasteiger charge is -2.12. The van der Waals surface area contributed by atoms with E-state index in [9.17, 15) is 0 Å². The maximum absolute atomic E-state index is 2.46. The molecule has 2 nitrogen and oxygen atoms in total. The van der Waals surface area contributed by atoms with Crippen molar-refractivity contribution in [1.82, 2.24) is 9.13 Å². The molecule has 10 aromatic rings. The van der Waals surface area contributed by atoms with Gasteiger partial charge in [-0.25, -0.2) is 0 Å². The second-order valence-corrected chi connectivity index (χ2v) is 11.7. The zero-order chi connectivity index (χ0) is 28.8. The van der Waals surface area contributed by atoms with Gasteiger partial charge in [0.2, 0.25) is 0 Å². The van der Waals surface area contributed by atoms with Gasteiger partial charge in [0.1, 0.15) is 0 Å². The maximum Gasteiger partial charge on any atom is 0.0548 e. The van der Waals surface area contributed by atoms with Gasteiger partial charge >= 0.3 is 0 Å². The highest BCUT2D eigenvalue weighted by atomic mass is 15.0. The van der Waals surface area contributed by atoms with Gasteiger partial charge in [-0.3, -0.25) is 0 Å². The average molecular weight is 559 g/mol. The van der Waals surface area contributed by atoms with Crippen LogP contribution in [0.25, 0.3) is 87.3 Å². The molecule has 2 heterocycles. The highest BCUT2D eigenvalue weighted by Crippen LogP contribution is 2.42. The summed E-state index contributed by atoms with van der Waals surface area (Å²) in [6.45, 7) is 0. The van der Waals surface area contributed by atoms with Gasteiger partial charge in [0, 0.05) is 32.9 Å². The Bertz CT molecular complexity index is 2760. The molecule has 0 spiro atoms. The van der Waals surface area contributed by atoms with Crippen molar-refractivity contribution in [2.45, 2.75) is 0 Å². The number of hydrogen-bond donors (Lipinski definition) is 0. The van der Waals surface area contributed by atoms with Crippen LogP contribution in [0.15, 0.2) is 158 Å². The third-order valence-corrected chi connectivity index (χ3v) is 9.47. The molecule has 204 valence electrons. The van der Waals surface area contributed by atoms with E-state index in [1.807, 2.05) is 0 Å². The highest BCUT2D eigenvalue weighted by molar-refractivity contribution is 6.29. The van der Waals surface area contributed by atoms with Gasteiger partial charge in [-0.05, 0) is 80.8 Å². The summed E-state index contributed by atoms with van der Waals surface area (Å²) >= 11 is 0. The molecule has 0 radical (unpaired) electrons. The van der Waals surface area contributed by atoms with Crippen LogP contribution in [-0.4, -0.2) is 9.13 Å². The van der Waals surface area contributed by atoms with E-state index in [4.69, 9.17) is 0 Å². The first-order valence-corrected chi connectivity index (χ1v) is 15.2. The van der Waals surface area contributed by atoms with Crippen molar-refractivity contribution in [3.63, 3.8) is 0 Å². The standard InChI is InChI=1S/C42H26N2/c1-2-11-29(12-3-1)43-37-16-8-6-14-34(37)41-39(43)24-25-40-42(41)35-15-7-9-17-38(35)44(40)30-21-18-28-20-22-32-31-13-5-4-10-27(31)19-23-33(32)36(28)26-30/h1-26H. The Morgan fingerprint density at radius 2 is 0.773 bits per heavy atom. The third kappa shape index (κ3) is 3.14. The van der Waals surface area contributed by atoms with Crippen LogP contribution in [0.1, 0.15) is 0 Å². The van der Waals surface area contributed by atoms with Crippen LogP contribution in [0.3, 0.4) is 0 Å².